The van der Waals surface area contributed by atoms with Gasteiger partial charge in [-0.2, -0.15) is 0 Å². The molecule has 0 bridgehead atoms. The molecular weight excluding hydrogens is 266 g/mol. The third-order valence-corrected chi connectivity index (χ3v) is 4.48. The van der Waals surface area contributed by atoms with Gasteiger partial charge in [0.2, 0.25) is 0 Å². The van der Waals surface area contributed by atoms with Gasteiger partial charge in [-0.05, 0) is 55.7 Å². The Morgan fingerprint density at radius 1 is 1.25 bits per heavy atom. The van der Waals surface area contributed by atoms with Crippen LogP contribution in [0.2, 0.25) is 0 Å². The number of hydrogen-bond donors (Lipinski definition) is 2. The van der Waals surface area contributed by atoms with Crippen molar-refractivity contribution in [1.82, 2.24) is 4.90 Å². The molecule has 3 nitrogen and oxygen atoms in total. The predicted octanol–water partition coefficient (Wildman–Crippen LogP) is 1.61. The van der Waals surface area contributed by atoms with Crippen molar-refractivity contribution in [2.75, 3.05) is 38.0 Å². The minimum Gasteiger partial charge on any atom is -0.338 e. The number of aryl methyl sites for hydroxylation is 2. The van der Waals surface area contributed by atoms with E-state index in [1.165, 1.54) is 37.2 Å². The quantitative estimate of drug-likeness (QED) is 0.826. The fourth-order valence-corrected chi connectivity index (χ4v) is 2.95. The maximum Gasteiger partial charge on any atom is 0.173 e. The van der Waals surface area contributed by atoms with Crippen LogP contribution in [0.25, 0.3) is 0 Å². The highest BCUT2D eigenvalue weighted by Crippen LogP contribution is 2.14. The largest absolute Gasteiger partial charge is 0.338 e. The molecule has 1 fully saturated rings. The number of piperazine rings is 1. The lowest BCUT2D eigenvalue weighted by Crippen LogP contribution is -3.14. The Labute approximate surface area is 128 Å². The van der Waals surface area contributed by atoms with Crippen molar-refractivity contribution in [3.05, 3.63) is 29.3 Å². The molecule has 0 atom stereocenters. The molecule has 1 aliphatic rings. The number of benzene rings is 1. The van der Waals surface area contributed by atoms with E-state index in [-0.39, 0.29) is 0 Å². The minimum atomic E-state index is 0.865. The Morgan fingerprint density at radius 2 is 1.95 bits per heavy atom. The first kappa shape index (κ1) is 15.3. The molecule has 0 radical (unpaired) electrons. The van der Waals surface area contributed by atoms with Crippen LogP contribution in [0.3, 0.4) is 0 Å². The summed E-state index contributed by atoms with van der Waals surface area (Å²) in [6.07, 6.45) is 1.26. The zero-order chi connectivity index (χ0) is 14.5. The minimum absolute atomic E-state index is 0.865. The Balaban J connectivity index is 1.88. The highest BCUT2D eigenvalue weighted by Gasteiger charge is 2.20. The SMILES string of the molecule is CCC[NH+]1CCN(C(=S)Nc2ccc(C)c(C)c2)CC1. The molecule has 0 saturated carbocycles. The van der Waals surface area contributed by atoms with Crippen LogP contribution in [0, 0.1) is 13.8 Å². The molecule has 2 rings (SSSR count). The third-order valence-electron chi connectivity index (χ3n) is 4.12. The third kappa shape index (κ3) is 3.93. The van der Waals surface area contributed by atoms with Gasteiger partial charge in [0.25, 0.3) is 0 Å². The lowest BCUT2D eigenvalue weighted by molar-refractivity contribution is -0.903. The highest BCUT2D eigenvalue weighted by molar-refractivity contribution is 7.80. The maximum atomic E-state index is 5.54. The van der Waals surface area contributed by atoms with Crippen LogP contribution in [0.5, 0.6) is 0 Å². The van der Waals surface area contributed by atoms with Gasteiger partial charge in [0, 0.05) is 5.69 Å². The van der Waals surface area contributed by atoms with E-state index in [2.05, 4.69) is 49.2 Å². The van der Waals surface area contributed by atoms with E-state index >= 15 is 0 Å². The van der Waals surface area contributed by atoms with Crippen molar-refractivity contribution in [2.45, 2.75) is 27.2 Å². The summed E-state index contributed by atoms with van der Waals surface area (Å²) in [4.78, 5) is 4.00. The van der Waals surface area contributed by atoms with Gasteiger partial charge in [0.1, 0.15) is 0 Å². The van der Waals surface area contributed by atoms with E-state index in [1.807, 2.05) is 0 Å². The summed E-state index contributed by atoms with van der Waals surface area (Å²) < 4.78 is 0. The van der Waals surface area contributed by atoms with Gasteiger partial charge < -0.3 is 15.1 Å². The first-order chi connectivity index (χ1) is 9.60. The van der Waals surface area contributed by atoms with Crippen LogP contribution in [0.15, 0.2) is 18.2 Å². The molecule has 2 N–H and O–H groups in total. The van der Waals surface area contributed by atoms with Gasteiger partial charge in [-0.3, -0.25) is 0 Å². The topological polar surface area (TPSA) is 19.7 Å². The zero-order valence-corrected chi connectivity index (χ0v) is 13.6. The fraction of sp³-hybridized carbons (Fsp3) is 0.562. The van der Waals surface area contributed by atoms with Crippen molar-refractivity contribution in [3.8, 4) is 0 Å². The molecule has 0 amide bonds. The Kier molecular flexibility index (Phi) is 5.38. The Hall–Kier alpha value is -1.13. The summed E-state index contributed by atoms with van der Waals surface area (Å²) in [5.74, 6) is 0. The second-order valence-electron chi connectivity index (χ2n) is 5.72. The van der Waals surface area contributed by atoms with Crippen molar-refractivity contribution in [3.63, 3.8) is 0 Å². The molecule has 0 unspecified atom stereocenters. The van der Waals surface area contributed by atoms with Crippen LogP contribution in [0.4, 0.5) is 5.69 Å². The van der Waals surface area contributed by atoms with Gasteiger partial charge in [-0.25, -0.2) is 0 Å². The molecule has 1 heterocycles. The van der Waals surface area contributed by atoms with Crippen molar-refractivity contribution < 1.29 is 4.90 Å². The molecule has 20 heavy (non-hydrogen) atoms. The number of hydrogen-bond acceptors (Lipinski definition) is 1. The van der Waals surface area contributed by atoms with Crippen LogP contribution in [0.1, 0.15) is 24.5 Å². The predicted molar refractivity (Wildman–Crippen MR) is 89.6 cm³/mol. The number of rotatable bonds is 3. The van der Waals surface area contributed by atoms with E-state index in [9.17, 15) is 0 Å². The lowest BCUT2D eigenvalue weighted by Gasteiger charge is -2.33. The molecule has 1 aromatic rings. The van der Waals surface area contributed by atoms with Gasteiger partial charge in [-0.1, -0.05) is 13.0 Å². The van der Waals surface area contributed by atoms with Gasteiger partial charge in [0.15, 0.2) is 5.11 Å². The number of nitrogens with zero attached hydrogens (tertiary/aromatic N) is 1. The summed E-state index contributed by atoms with van der Waals surface area (Å²) in [6, 6.07) is 6.41. The average molecular weight is 292 g/mol. The summed E-state index contributed by atoms with van der Waals surface area (Å²) in [5, 5.41) is 4.24. The maximum absolute atomic E-state index is 5.54. The average Bonchev–Trinajstić information content (AvgIpc) is 2.44. The smallest absolute Gasteiger partial charge is 0.173 e. The fourth-order valence-electron chi connectivity index (χ4n) is 2.65. The first-order valence-corrected chi connectivity index (χ1v) is 7.97. The molecule has 0 spiro atoms. The Morgan fingerprint density at radius 3 is 2.55 bits per heavy atom. The number of quaternary nitrogens is 1. The summed E-state index contributed by atoms with van der Waals surface area (Å²) >= 11 is 5.54. The van der Waals surface area contributed by atoms with Crippen LogP contribution in [-0.4, -0.2) is 42.7 Å². The van der Waals surface area contributed by atoms with Gasteiger partial charge in [0.05, 0.1) is 32.7 Å². The number of thiocarbonyl (C=S) groups is 1. The molecule has 1 aliphatic heterocycles. The normalized spacial score (nSPS) is 16.2. The Bertz CT molecular complexity index is 465. The van der Waals surface area contributed by atoms with E-state index < -0.39 is 0 Å². The summed E-state index contributed by atoms with van der Waals surface area (Å²) in [6.45, 7) is 12.3. The molecule has 4 heteroatoms. The van der Waals surface area contributed by atoms with Gasteiger partial charge >= 0.3 is 0 Å². The monoisotopic (exact) mass is 292 g/mol. The molecule has 1 saturated heterocycles. The van der Waals surface area contributed by atoms with Crippen LogP contribution in [-0.2, 0) is 0 Å². The first-order valence-electron chi connectivity index (χ1n) is 7.57. The standard InChI is InChI=1S/C16H25N3S/c1-4-7-18-8-10-19(11-9-18)16(20)17-15-6-5-13(2)14(3)12-15/h5-6,12H,4,7-11H2,1-3H3,(H,17,20)/p+1. The number of nitrogens with one attached hydrogen (secondary N) is 2. The van der Waals surface area contributed by atoms with Crippen LogP contribution < -0.4 is 10.2 Å². The summed E-state index contributed by atoms with van der Waals surface area (Å²) in [5.41, 5.74) is 3.72. The molecular formula is C16H26N3S+. The van der Waals surface area contributed by atoms with E-state index in [0.29, 0.717) is 0 Å². The zero-order valence-electron chi connectivity index (χ0n) is 12.8. The highest BCUT2D eigenvalue weighted by atomic mass is 32.1. The number of anilines is 1. The molecule has 110 valence electrons. The second kappa shape index (κ2) is 7.04. The second-order valence-corrected chi connectivity index (χ2v) is 6.10. The molecule has 1 aromatic carbocycles. The van der Waals surface area contributed by atoms with E-state index in [4.69, 9.17) is 12.2 Å². The summed E-state index contributed by atoms with van der Waals surface area (Å²) in [7, 11) is 0. The van der Waals surface area contributed by atoms with Crippen molar-refractivity contribution >= 4 is 23.0 Å². The molecule has 0 aliphatic carbocycles. The van der Waals surface area contributed by atoms with E-state index in [0.717, 1.165) is 23.9 Å². The lowest BCUT2D eigenvalue weighted by atomic mass is 10.1. The van der Waals surface area contributed by atoms with Crippen molar-refractivity contribution in [1.29, 1.82) is 0 Å². The van der Waals surface area contributed by atoms with Gasteiger partial charge in [-0.15, -0.1) is 0 Å². The van der Waals surface area contributed by atoms with Crippen LogP contribution >= 0.6 is 12.2 Å². The van der Waals surface area contributed by atoms with Crippen molar-refractivity contribution in [2.24, 2.45) is 0 Å². The van der Waals surface area contributed by atoms with E-state index in [1.54, 1.807) is 4.90 Å². The molecule has 0 aromatic heterocycles.